The van der Waals surface area contributed by atoms with E-state index in [-0.39, 0.29) is 0 Å². The first-order valence-corrected chi connectivity index (χ1v) is 4.89. The summed E-state index contributed by atoms with van der Waals surface area (Å²) < 4.78 is 0. The Labute approximate surface area is 89.5 Å². The normalized spacial score (nSPS) is 10.2. The molecule has 76 valence electrons. The van der Waals surface area contributed by atoms with Crippen molar-refractivity contribution in [2.75, 3.05) is 11.5 Å². The van der Waals surface area contributed by atoms with E-state index >= 15 is 0 Å². The molecular formula is C13H14N2. The van der Waals surface area contributed by atoms with Crippen LogP contribution in [0.1, 0.15) is 5.56 Å². The number of hydrogen-bond donors (Lipinski definition) is 2. The maximum atomic E-state index is 5.94. The Balaban J connectivity index is 2.60. The lowest BCUT2D eigenvalue weighted by Crippen LogP contribution is -1.94. The number of aryl methyl sites for hydroxylation is 1. The standard InChI is InChI=1S/C13H14N2/c1-9-4-2-3-5-11(9)12-7-6-10(14)8-13(12)15/h2-8H,14-15H2,1H3. The van der Waals surface area contributed by atoms with Gasteiger partial charge >= 0.3 is 0 Å². The fourth-order valence-electron chi connectivity index (χ4n) is 1.70. The van der Waals surface area contributed by atoms with Gasteiger partial charge in [-0.25, -0.2) is 0 Å². The second-order valence-electron chi connectivity index (χ2n) is 3.66. The molecule has 2 aromatic rings. The lowest BCUT2D eigenvalue weighted by molar-refractivity contribution is 1.46. The maximum Gasteiger partial charge on any atom is 0.0414 e. The summed E-state index contributed by atoms with van der Waals surface area (Å²) in [6.45, 7) is 2.07. The molecule has 0 aliphatic carbocycles. The monoisotopic (exact) mass is 198 g/mol. The molecule has 2 nitrogen and oxygen atoms in total. The van der Waals surface area contributed by atoms with Gasteiger partial charge in [0.25, 0.3) is 0 Å². The van der Waals surface area contributed by atoms with Gasteiger partial charge in [0.1, 0.15) is 0 Å². The molecule has 2 heteroatoms. The Kier molecular flexibility index (Phi) is 2.34. The molecule has 0 unspecified atom stereocenters. The van der Waals surface area contributed by atoms with Gasteiger partial charge in [-0.05, 0) is 30.2 Å². The van der Waals surface area contributed by atoms with Crippen molar-refractivity contribution in [3.63, 3.8) is 0 Å². The first kappa shape index (κ1) is 9.59. The quantitative estimate of drug-likeness (QED) is 0.692. The minimum Gasteiger partial charge on any atom is -0.399 e. The number of nitrogens with two attached hydrogens (primary N) is 2. The molecule has 0 bridgehead atoms. The summed E-state index contributed by atoms with van der Waals surface area (Å²) >= 11 is 0. The predicted molar refractivity (Wildman–Crippen MR) is 65.4 cm³/mol. The summed E-state index contributed by atoms with van der Waals surface area (Å²) in [7, 11) is 0. The molecular weight excluding hydrogens is 184 g/mol. The third-order valence-corrected chi connectivity index (χ3v) is 2.51. The van der Waals surface area contributed by atoms with Gasteiger partial charge in [0, 0.05) is 16.9 Å². The second-order valence-corrected chi connectivity index (χ2v) is 3.66. The van der Waals surface area contributed by atoms with Crippen LogP contribution in [0.3, 0.4) is 0 Å². The second kappa shape index (κ2) is 3.65. The summed E-state index contributed by atoms with van der Waals surface area (Å²) in [5, 5.41) is 0. The number of benzene rings is 2. The van der Waals surface area contributed by atoms with E-state index in [1.165, 1.54) is 5.56 Å². The van der Waals surface area contributed by atoms with E-state index in [9.17, 15) is 0 Å². The van der Waals surface area contributed by atoms with E-state index in [2.05, 4.69) is 19.1 Å². The van der Waals surface area contributed by atoms with Gasteiger partial charge in [0.2, 0.25) is 0 Å². The molecule has 0 saturated heterocycles. The zero-order chi connectivity index (χ0) is 10.8. The smallest absolute Gasteiger partial charge is 0.0414 e. The molecule has 0 saturated carbocycles. The van der Waals surface area contributed by atoms with Gasteiger partial charge in [-0.1, -0.05) is 30.3 Å². The molecule has 0 fully saturated rings. The SMILES string of the molecule is Cc1ccccc1-c1ccc(N)cc1N. The molecule has 0 spiro atoms. The molecule has 2 aromatic carbocycles. The minimum atomic E-state index is 0.699. The predicted octanol–water partition coefficient (Wildman–Crippen LogP) is 2.83. The zero-order valence-corrected chi connectivity index (χ0v) is 8.70. The van der Waals surface area contributed by atoms with Crippen LogP contribution >= 0.6 is 0 Å². The van der Waals surface area contributed by atoms with Crippen molar-refractivity contribution in [2.24, 2.45) is 0 Å². The molecule has 0 radical (unpaired) electrons. The van der Waals surface area contributed by atoms with Crippen LogP contribution in [0.2, 0.25) is 0 Å². The minimum absolute atomic E-state index is 0.699. The third kappa shape index (κ3) is 1.79. The molecule has 0 aromatic heterocycles. The summed E-state index contributed by atoms with van der Waals surface area (Å²) in [4.78, 5) is 0. The van der Waals surface area contributed by atoms with Crippen molar-refractivity contribution in [3.05, 3.63) is 48.0 Å². The molecule has 4 N–H and O–H groups in total. The van der Waals surface area contributed by atoms with Gasteiger partial charge in [-0.15, -0.1) is 0 Å². The maximum absolute atomic E-state index is 5.94. The van der Waals surface area contributed by atoms with Crippen LogP contribution in [0.25, 0.3) is 11.1 Å². The Hall–Kier alpha value is -1.96. The van der Waals surface area contributed by atoms with Crippen LogP contribution in [0, 0.1) is 6.92 Å². The highest BCUT2D eigenvalue weighted by Crippen LogP contribution is 2.29. The van der Waals surface area contributed by atoms with Gasteiger partial charge in [0.05, 0.1) is 0 Å². The number of nitrogen functional groups attached to an aromatic ring is 2. The number of anilines is 2. The van der Waals surface area contributed by atoms with E-state index in [0.717, 1.165) is 16.8 Å². The van der Waals surface area contributed by atoms with E-state index in [0.29, 0.717) is 5.69 Å². The number of rotatable bonds is 1. The summed E-state index contributed by atoms with van der Waals surface area (Å²) in [6, 6.07) is 13.8. The average Bonchev–Trinajstić information content (AvgIpc) is 2.20. The van der Waals surface area contributed by atoms with E-state index in [4.69, 9.17) is 11.5 Å². The highest BCUT2D eigenvalue weighted by atomic mass is 14.6. The van der Waals surface area contributed by atoms with Crippen LogP contribution in [0.5, 0.6) is 0 Å². The highest BCUT2D eigenvalue weighted by Gasteiger charge is 2.04. The Morgan fingerprint density at radius 1 is 0.867 bits per heavy atom. The van der Waals surface area contributed by atoms with Crippen LogP contribution in [-0.4, -0.2) is 0 Å². The van der Waals surface area contributed by atoms with Gasteiger partial charge in [-0.3, -0.25) is 0 Å². The Morgan fingerprint density at radius 3 is 2.27 bits per heavy atom. The lowest BCUT2D eigenvalue weighted by atomic mass is 9.99. The number of hydrogen-bond acceptors (Lipinski definition) is 2. The van der Waals surface area contributed by atoms with Crippen LogP contribution in [-0.2, 0) is 0 Å². The van der Waals surface area contributed by atoms with Crippen molar-refractivity contribution in [3.8, 4) is 11.1 Å². The molecule has 0 aliphatic heterocycles. The summed E-state index contributed by atoms with van der Waals surface area (Å²) in [6.07, 6.45) is 0. The van der Waals surface area contributed by atoms with Crippen molar-refractivity contribution >= 4 is 11.4 Å². The van der Waals surface area contributed by atoms with Crippen molar-refractivity contribution in [1.29, 1.82) is 0 Å². The lowest BCUT2D eigenvalue weighted by Gasteiger charge is -2.09. The molecule has 0 heterocycles. The molecule has 0 aliphatic rings. The first-order valence-electron chi connectivity index (χ1n) is 4.89. The largest absolute Gasteiger partial charge is 0.399 e. The summed E-state index contributed by atoms with van der Waals surface area (Å²) in [5.41, 5.74) is 16.5. The van der Waals surface area contributed by atoms with Crippen molar-refractivity contribution < 1.29 is 0 Å². The highest BCUT2D eigenvalue weighted by molar-refractivity contribution is 5.80. The molecule has 0 atom stereocenters. The Bertz CT molecular complexity index is 490. The third-order valence-electron chi connectivity index (χ3n) is 2.51. The molecule has 0 amide bonds. The average molecular weight is 198 g/mol. The Morgan fingerprint density at radius 2 is 1.60 bits per heavy atom. The van der Waals surface area contributed by atoms with Crippen molar-refractivity contribution in [1.82, 2.24) is 0 Å². The van der Waals surface area contributed by atoms with E-state index in [1.54, 1.807) is 6.07 Å². The zero-order valence-electron chi connectivity index (χ0n) is 8.70. The fraction of sp³-hybridized carbons (Fsp3) is 0.0769. The molecule has 2 rings (SSSR count). The van der Waals surface area contributed by atoms with Crippen molar-refractivity contribution in [2.45, 2.75) is 6.92 Å². The van der Waals surface area contributed by atoms with Crippen LogP contribution < -0.4 is 11.5 Å². The van der Waals surface area contributed by atoms with Crippen LogP contribution in [0.4, 0.5) is 11.4 Å². The van der Waals surface area contributed by atoms with E-state index < -0.39 is 0 Å². The van der Waals surface area contributed by atoms with Gasteiger partial charge < -0.3 is 11.5 Å². The first-order chi connectivity index (χ1) is 7.18. The summed E-state index contributed by atoms with van der Waals surface area (Å²) in [5.74, 6) is 0. The van der Waals surface area contributed by atoms with Gasteiger partial charge in [-0.2, -0.15) is 0 Å². The van der Waals surface area contributed by atoms with E-state index in [1.807, 2.05) is 24.3 Å². The topological polar surface area (TPSA) is 52.0 Å². The molecule has 15 heavy (non-hydrogen) atoms. The fourth-order valence-corrected chi connectivity index (χ4v) is 1.70. The van der Waals surface area contributed by atoms with Gasteiger partial charge in [0.15, 0.2) is 0 Å². The van der Waals surface area contributed by atoms with Crippen LogP contribution in [0.15, 0.2) is 42.5 Å².